The molecule has 0 bridgehead atoms. The molecule has 88 valence electrons. The molecule has 1 heterocycles. The van der Waals surface area contributed by atoms with Crippen molar-refractivity contribution >= 4 is 0 Å². The zero-order chi connectivity index (χ0) is 11.8. The second-order valence-electron chi connectivity index (χ2n) is 5.47. The Morgan fingerprint density at radius 1 is 1.25 bits per heavy atom. The fraction of sp³-hybridized carbons (Fsp3) is 0.571. The Kier molecular flexibility index (Phi) is 3.04. The summed E-state index contributed by atoms with van der Waals surface area (Å²) in [6.07, 6.45) is 1.03. The number of rotatable bonds is 2. The summed E-state index contributed by atoms with van der Waals surface area (Å²) in [6, 6.07) is 11.0. The number of nitrogens with one attached hydrogen (secondary N) is 1. The van der Waals surface area contributed by atoms with Gasteiger partial charge in [0.15, 0.2) is 0 Å². The summed E-state index contributed by atoms with van der Waals surface area (Å²) in [5.74, 6) is 0.568. The normalized spacial score (nSPS) is 30.6. The van der Waals surface area contributed by atoms with Crippen molar-refractivity contribution in [2.75, 3.05) is 0 Å². The van der Waals surface area contributed by atoms with Crippen molar-refractivity contribution in [1.29, 1.82) is 0 Å². The lowest BCUT2D eigenvalue weighted by molar-refractivity contribution is 0.0426. The van der Waals surface area contributed by atoms with E-state index in [4.69, 9.17) is 0 Å². The molecule has 0 radical (unpaired) electrons. The molecule has 1 aliphatic rings. The Morgan fingerprint density at radius 3 is 2.38 bits per heavy atom. The molecule has 2 rings (SSSR count). The third kappa shape index (κ3) is 2.28. The van der Waals surface area contributed by atoms with Crippen molar-refractivity contribution in [3.05, 3.63) is 35.9 Å². The highest BCUT2D eigenvalue weighted by Crippen LogP contribution is 2.35. The van der Waals surface area contributed by atoms with E-state index in [0.29, 0.717) is 12.0 Å². The third-order valence-corrected chi connectivity index (χ3v) is 3.57. The summed E-state index contributed by atoms with van der Waals surface area (Å²) in [5, 5.41) is 13.6. The van der Waals surface area contributed by atoms with E-state index in [1.54, 1.807) is 0 Å². The minimum absolute atomic E-state index is 0.188. The van der Waals surface area contributed by atoms with Crippen LogP contribution in [0, 0.1) is 5.92 Å². The lowest BCUT2D eigenvalue weighted by Crippen LogP contribution is -2.43. The average molecular weight is 219 g/mol. The van der Waals surface area contributed by atoms with E-state index in [-0.39, 0.29) is 6.04 Å². The second-order valence-corrected chi connectivity index (χ2v) is 5.47. The highest BCUT2D eigenvalue weighted by atomic mass is 16.3. The van der Waals surface area contributed by atoms with Gasteiger partial charge in [-0.2, -0.15) is 0 Å². The molecule has 1 aromatic rings. The summed E-state index contributed by atoms with van der Waals surface area (Å²) in [7, 11) is 0. The Labute approximate surface area is 97.7 Å². The molecule has 2 heteroatoms. The van der Waals surface area contributed by atoms with Gasteiger partial charge >= 0.3 is 0 Å². The molecule has 16 heavy (non-hydrogen) atoms. The zero-order valence-electron chi connectivity index (χ0n) is 10.3. The maximum absolute atomic E-state index is 10.0. The van der Waals surface area contributed by atoms with Crippen molar-refractivity contribution in [1.82, 2.24) is 5.32 Å². The predicted octanol–water partition coefficient (Wildman–Crippen LogP) is 2.50. The highest BCUT2D eigenvalue weighted by molar-refractivity contribution is 5.21. The van der Waals surface area contributed by atoms with Gasteiger partial charge in [0.05, 0.1) is 5.60 Å². The summed E-state index contributed by atoms with van der Waals surface area (Å²) in [6.45, 7) is 6.01. The van der Waals surface area contributed by atoms with Gasteiger partial charge < -0.3 is 10.4 Å². The summed E-state index contributed by atoms with van der Waals surface area (Å²) >= 11 is 0. The van der Waals surface area contributed by atoms with Gasteiger partial charge in [-0.15, -0.1) is 0 Å². The number of hydrogen-bond donors (Lipinski definition) is 2. The van der Waals surface area contributed by atoms with Gasteiger partial charge in [-0.25, -0.2) is 0 Å². The topological polar surface area (TPSA) is 32.3 Å². The largest absolute Gasteiger partial charge is 0.389 e. The monoisotopic (exact) mass is 219 g/mol. The highest BCUT2D eigenvalue weighted by Gasteiger charge is 2.38. The Balaban J connectivity index is 2.15. The van der Waals surface area contributed by atoms with Crippen molar-refractivity contribution < 1.29 is 5.11 Å². The molecule has 1 saturated heterocycles. The molecule has 1 fully saturated rings. The van der Waals surface area contributed by atoms with E-state index in [2.05, 4.69) is 36.5 Å². The maximum atomic E-state index is 10.0. The molecule has 1 aromatic carbocycles. The quantitative estimate of drug-likeness (QED) is 0.801. The van der Waals surface area contributed by atoms with Gasteiger partial charge in [-0.3, -0.25) is 0 Å². The van der Waals surface area contributed by atoms with Crippen molar-refractivity contribution in [3.63, 3.8) is 0 Å². The fourth-order valence-corrected chi connectivity index (χ4v) is 2.53. The van der Waals surface area contributed by atoms with Gasteiger partial charge in [0, 0.05) is 12.1 Å². The Bertz CT molecular complexity index is 342. The lowest BCUT2D eigenvalue weighted by atomic mass is 9.92. The van der Waals surface area contributed by atoms with E-state index >= 15 is 0 Å². The molecule has 0 spiro atoms. The Hall–Kier alpha value is -0.860. The number of hydrogen-bond acceptors (Lipinski definition) is 2. The van der Waals surface area contributed by atoms with E-state index in [0.717, 1.165) is 6.42 Å². The van der Waals surface area contributed by atoms with Crippen LogP contribution < -0.4 is 5.32 Å². The van der Waals surface area contributed by atoms with Gasteiger partial charge in [-0.1, -0.05) is 37.3 Å². The summed E-state index contributed by atoms with van der Waals surface area (Å²) in [5.41, 5.74) is 0.680. The molecule has 1 aliphatic heterocycles. The predicted molar refractivity (Wildman–Crippen MR) is 66.2 cm³/mol. The van der Waals surface area contributed by atoms with Gasteiger partial charge in [0.25, 0.3) is 0 Å². The average Bonchev–Trinajstić information content (AvgIpc) is 2.61. The first-order valence-corrected chi connectivity index (χ1v) is 6.02. The maximum Gasteiger partial charge on any atom is 0.0744 e. The molecule has 2 nitrogen and oxygen atoms in total. The van der Waals surface area contributed by atoms with Crippen LogP contribution in [0.4, 0.5) is 0 Å². The van der Waals surface area contributed by atoms with Crippen LogP contribution in [0.25, 0.3) is 0 Å². The first kappa shape index (κ1) is 11.6. The smallest absolute Gasteiger partial charge is 0.0744 e. The van der Waals surface area contributed by atoms with E-state index in [1.165, 1.54) is 5.56 Å². The van der Waals surface area contributed by atoms with Crippen molar-refractivity contribution in [2.24, 2.45) is 5.92 Å². The van der Waals surface area contributed by atoms with E-state index in [9.17, 15) is 5.11 Å². The standard InChI is InChI=1S/C14H21NO/c1-10-9-12(14(2,3)16)15-13(10)11-7-5-4-6-8-11/h4-8,10,12-13,15-16H,9H2,1-3H3/t10-,12?,13+/m1/s1. The first-order valence-electron chi connectivity index (χ1n) is 6.02. The van der Waals surface area contributed by atoms with Crippen LogP contribution in [-0.4, -0.2) is 16.7 Å². The van der Waals surface area contributed by atoms with Crippen molar-refractivity contribution in [2.45, 2.75) is 44.9 Å². The third-order valence-electron chi connectivity index (χ3n) is 3.57. The molecule has 0 aromatic heterocycles. The van der Waals surface area contributed by atoms with Gasteiger partial charge in [0.1, 0.15) is 0 Å². The SMILES string of the molecule is C[C@@H]1CC(C(C)(C)O)N[C@@H]1c1ccccc1. The van der Waals surface area contributed by atoms with Crippen LogP contribution in [0.3, 0.4) is 0 Å². The molecule has 0 aliphatic carbocycles. The molecule has 3 atom stereocenters. The minimum Gasteiger partial charge on any atom is -0.389 e. The number of benzene rings is 1. The molecular formula is C14H21NO. The first-order chi connectivity index (χ1) is 7.48. The van der Waals surface area contributed by atoms with Gasteiger partial charge in [-0.05, 0) is 31.7 Å². The lowest BCUT2D eigenvalue weighted by Gasteiger charge is -2.26. The molecule has 1 unspecified atom stereocenters. The number of aliphatic hydroxyl groups is 1. The van der Waals surface area contributed by atoms with Crippen LogP contribution in [0.1, 0.15) is 38.8 Å². The minimum atomic E-state index is -0.641. The Morgan fingerprint density at radius 2 is 1.88 bits per heavy atom. The molecule has 0 saturated carbocycles. The molecular weight excluding hydrogens is 198 g/mol. The summed E-state index contributed by atoms with van der Waals surface area (Å²) < 4.78 is 0. The summed E-state index contributed by atoms with van der Waals surface area (Å²) in [4.78, 5) is 0. The van der Waals surface area contributed by atoms with Crippen LogP contribution in [0.2, 0.25) is 0 Å². The van der Waals surface area contributed by atoms with E-state index in [1.807, 2.05) is 19.9 Å². The van der Waals surface area contributed by atoms with Crippen LogP contribution in [0.15, 0.2) is 30.3 Å². The molecule has 2 N–H and O–H groups in total. The fourth-order valence-electron chi connectivity index (χ4n) is 2.53. The van der Waals surface area contributed by atoms with E-state index < -0.39 is 5.60 Å². The van der Waals surface area contributed by atoms with Crippen LogP contribution >= 0.6 is 0 Å². The second kappa shape index (κ2) is 4.19. The molecule has 0 amide bonds. The van der Waals surface area contributed by atoms with Gasteiger partial charge in [0.2, 0.25) is 0 Å². The van der Waals surface area contributed by atoms with Crippen molar-refractivity contribution in [3.8, 4) is 0 Å². The van der Waals surface area contributed by atoms with Crippen LogP contribution in [-0.2, 0) is 0 Å². The van der Waals surface area contributed by atoms with Crippen LogP contribution in [0.5, 0.6) is 0 Å². The zero-order valence-corrected chi connectivity index (χ0v) is 10.3.